The average Bonchev–Trinajstić information content (AvgIpc) is 2.34. The zero-order valence-corrected chi connectivity index (χ0v) is 11.7. The average molecular weight is 353 g/mol. The minimum atomic E-state index is 0.0273. The van der Waals surface area contributed by atoms with Crippen LogP contribution in [0.2, 0.25) is 0 Å². The lowest BCUT2D eigenvalue weighted by molar-refractivity contribution is 0.473. The number of rotatable bonds is 2. The van der Waals surface area contributed by atoms with Gasteiger partial charge >= 0.3 is 0 Å². The number of benzene rings is 2. The van der Waals surface area contributed by atoms with E-state index in [0.29, 0.717) is 5.56 Å². The predicted octanol–water partition coefficient (Wildman–Crippen LogP) is 4.02. The first kappa shape index (κ1) is 12.3. The summed E-state index contributed by atoms with van der Waals surface area (Å²) in [6.07, 6.45) is 0. The fraction of sp³-hybridized carbons (Fsp3) is 0. The summed E-state index contributed by atoms with van der Waals surface area (Å²) >= 11 is 3.83. The smallest absolute Gasteiger partial charge is 0.133 e. The van der Waals surface area contributed by atoms with Crippen LogP contribution in [0.3, 0.4) is 0 Å². The highest BCUT2D eigenvalue weighted by Gasteiger charge is 2.03. The fourth-order valence-corrected chi connectivity index (χ4v) is 2.52. The number of halogens is 1. The monoisotopic (exact) mass is 353 g/mol. The lowest BCUT2D eigenvalue weighted by Crippen LogP contribution is -1.79. The van der Waals surface area contributed by atoms with Crippen LogP contribution in [-0.4, -0.2) is 5.11 Å². The Labute approximate surface area is 117 Å². The molecule has 0 spiro atoms. The number of aromatic hydroxyl groups is 1. The van der Waals surface area contributed by atoms with Crippen molar-refractivity contribution in [2.24, 2.45) is 0 Å². The minimum Gasteiger partial charge on any atom is -0.507 e. The Morgan fingerprint density at radius 3 is 2.35 bits per heavy atom. The largest absolute Gasteiger partial charge is 0.507 e. The zero-order chi connectivity index (χ0) is 12.3. The molecular formula is C13H8INOS. The summed E-state index contributed by atoms with van der Waals surface area (Å²) in [7, 11) is 0. The molecule has 0 saturated heterocycles. The van der Waals surface area contributed by atoms with Crippen molar-refractivity contribution in [2.45, 2.75) is 9.79 Å². The van der Waals surface area contributed by atoms with E-state index in [0.717, 1.165) is 9.79 Å². The van der Waals surface area contributed by atoms with E-state index < -0.39 is 0 Å². The van der Waals surface area contributed by atoms with Gasteiger partial charge in [0.25, 0.3) is 0 Å². The minimum absolute atomic E-state index is 0.0273. The molecule has 0 saturated carbocycles. The third kappa shape index (κ3) is 3.14. The van der Waals surface area contributed by atoms with E-state index in [1.165, 1.54) is 3.57 Å². The van der Waals surface area contributed by atoms with Crippen molar-refractivity contribution in [1.29, 1.82) is 5.26 Å². The lowest BCUT2D eigenvalue weighted by Gasteiger charge is -2.03. The maximum absolute atomic E-state index is 9.40. The van der Waals surface area contributed by atoms with E-state index in [-0.39, 0.29) is 5.75 Å². The predicted molar refractivity (Wildman–Crippen MR) is 76.1 cm³/mol. The van der Waals surface area contributed by atoms with Crippen molar-refractivity contribution in [3.63, 3.8) is 0 Å². The van der Waals surface area contributed by atoms with E-state index >= 15 is 0 Å². The summed E-state index contributed by atoms with van der Waals surface area (Å²) in [6, 6.07) is 15.2. The normalized spacial score (nSPS) is 9.88. The van der Waals surface area contributed by atoms with Gasteiger partial charge in [0.05, 0.1) is 5.56 Å². The van der Waals surface area contributed by atoms with Crippen molar-refractivity contribution >= 4 is 34.4 Å². The molecule has 0 unspecified atom stereocenters. The summed E-state index contributed by atoms with van der Waals surface area (Å²) in [4.78, 5) is 2.06. The van der Waals surface area contributed by atoms with Crippen molar-refractivity contribution < 1.29 is 5.11 Å². The molecule has 0 aliphatic carbocycles. The second-order valence-electron chi connectivity index (χ2n) is 3.35. The van der Waals surface area contributed by atoms with Crippen molar-refractivity contribution in [3.05, 3.63) is 51.6 Å². The Bertz CT molecular complexity index is 575. The van der Waals surface area contributed by atoms with Crippen LogP contribution in [0.5, 0.6) is 5.75 Å². The van der Waals surface area contributed by atoms with Gasteiger partial charge in [-0.1, -0.05) is 11.8 Å². The summed E-state index contributed by atoms with van der Waals surface area (Å²) in [5.41, 5.74) is 0.306. The Balaban J connectivity index is 2.25. The zero-order valence-electron chi connectivity index (χ0n) is 8.72. The molecule has 2 rings (SSSR count). The second-order valence-corrected chi connectivity index (χ2v) is 5.74. The Morgan fingerprint density at radius 1 is 1.06 bits per heavy atom. The molecule has 2 nitrogen and oxygen atoms in total. The first-order chi connectivity index (χ1) is 8.19. The third-order valence-electron chi connectivity index (χ3n) is 2.14. The molecule has 0 bridgehead atoms. The molecule has 0 atom stereocenters. The molecule has 0 heterocycles. The molecule has 4 heteroatoms. The SMILES string of the molecule is N#Cc1cc(Sc2ccc(I)cc2)ccc1O. The Hall–Kier alpha value is -1.19. The van der Waals surface area contributed by atoms with Crippen molar-refractivity contribution in [2.75, 3.05) is 0 Å². The lowest BCUT2D eigenvalue weighted by atomic mass is 10.2. The number of hydrogen-bond donors (Lipinski definition) is 1. The quantitative estimate of drug-likeness (QED) is 0.830. The van der Waals surface area contributed by atoms with Crippen LogP contribution in [0.25, 0.3) is 0 Å². The molecule has 0 aliphatic rings. The highest BCUT2D eigenvalue weighted by molar-refractivity contribution is 14.1. The third-order valence-corrected chi connectivity index (χ3v) is 3.85. The molecule has 2 aromatic carbocycles. The molecule has 0 fully saturated rings. The molecule has 1 N–H and O–H groups in total. The number of hydrogen-bond acceptors (Lipinski definition) is 3. The fourth-order valence-electron chi connectivity index (χ4n) is 1.31. The van der Waals surface area contributed by atoms with Crippen LogP contribution in [0.15, 0.2) is 52.3 Å². The van der Waals surface area contributed by atoms with Crippen LogP contribution in [0.1, 0.15) is 5.56 Å². The van der Waals surface area contributed by atoms with Crippen LogP contribution < -0.4 is 0 Å². The molecular weight excluding hydrogens is 345 g/mol. The van der Waals surface area contributed by atoms with E-state index in [1.807, 2.05) is 30.3 Å². The van der Waals surface area contributed by atoms with Gasteiger partial charge in [0, 0.05) is 13.4 Å². The van der Waals surface area contributed by atoms with Gasteiger partial charge in [-0.25, -0.2) is 0 Å². The summed E-state index contributed by atoms with van der Waals surface area (Å²) in [5, 5.41) is 18.2. The van der Waals surface area contributed by atoms with Gasteiger partial charge in [-0.05, 0) is 65.1 Å². The summed E-state index contributed by atoms with van der Waals surface area (Å²) in [5.74, 6) is 0.0273. The highest BCUT2D eigenvalue weighted by Crippen LogP contribution is 2.30. The van der Waals surface area contributed by atoms with E-state index in [9.17, 15) is 5.11 Å². The van der Waals surface area contributed by atoms with Gasteiger partial charge in [-0.3, -0.25) is 0 Å². The van der Waals surface area contributed by atoms with E-state index in [4.69, 9.17) is 5.26 Å². The van der Waals surface area contributed by atoms with Gasteiger partial charge in [0.1, 0.15) is 11.8 Å². The molecule has 84 valence electrons. The van der Waals surface area contributed by atoms with Gasteiger partial charge in [-0.2, -0.15) is 5.26 Å². The highest BCUT2D eigenvalue weighted by atomic mass is 127. The summed E-state index contributed by atoms with van der Waals surface area (Å²) in [6.45, 7) is 0. The van der Waals surface area contributed by atoms with Crippen molar-refractivity contribution in [3.8, 4) is 11.8 Å². The molecule has 17 heavy (non-hydrogen) atoms. The standard InChI is InChI=1S/C13H8INOS/c14-10-1-3-11(4-2-10)17-12-5-6-13(16)9(7-12)8-15/h1-7,16H. The van der Waals surface area contributed by atoms with Gasteiger partial charge < -0.3 is 5.11 Å². The van der Waals surface area contributed by atoms with Crippen LogP contribution in [0.4, 0.5) is 0 Å². The molecule has 0 amide bonds. The molecule has 0 aromatic heterocycles. The summed E-state index contributed by atoms with van der Waals surface area (Å²) < 4.78 is 1.19. The Kier molecular flexibility index (Phi) is 3.92. The van der Waals surface area contributed by atoms with Crippen molar-refractivity contribution in [1.82, 2.24) is 0 Å². The van der Waals surface area contributed by atoms with Gasteiger partial charge in [0.2, 0.25) is 0 Å². The first-order valence-corrected chi connectivity index (χ1v) is 6.75. The number of nitrogens with zero attached hydrogens (tertiary/aromatic N) is 1. The molecule has 0 aliphatic heterocycles. The first-order valence-electron chi connectivity index (χ1n) is 4.85. The Morgan fingerprint density at radius 2 is 1.71 bits per heavy atom. The van der Waals surface area contributed by atoms with Crippen LogP contribution in [0, 0.1) is 14.9 Å². The number of phenols is 1. The van der Waals surface area contributed by atoms with Gasteiger partial charge in [0.15, 0.2) is 0 Å². The van der Waals surface area contributed by atoms with Crippen LogP contribution in [-0.2, 0) is 0 Å². The van der Waals surface area contributed by atoms with Crippen LogP contribution >= 0.6 is 34.4 Å². The second kappa shape index (κ2) is 5.43. The van der Waals surface area contributed by atoms with Gasteiger partial charge in [-0.15, -0.1) is 0 Å². The van der Waals surface area contributed by atoms with E-state index in [1.54, 1.807) is 30.0 Å². The molecule has 2 aromatic rings. The maximum atomic E-state index is 9.40. The van der Waals surface area contributed by atoms with E-state index in [2.05, 4.69) is 22.6 Å². The number of phenolic OH excluding ortho intramolecular Hbond substituents is 1. The number of nitriles is 1. The molecule has 0 radical (unpaired) electrons. The maximum Gasteiger partial charge on any atom is 0.133 e. The topological polar surface area (TPSA) is 44.0 Å².